The fourth-order valence-electron chi connectivity index (χ4n) is 4.76. The second-order valence-electron chi connectivity index (χ2n) is 8.66. The van der Waals surface area contributed by atoms with Crippen LogP contribution in [-0.2, 0) is 11.3 Å². The summed E-state index contributed by atoms with van der Waals surface area (Å²) >= 11 is 0. The van der Waals surface area contributed by atoms with Gasteiger partial charge in [-0.1, -0.05) is 18.2 Å². The minimum Gasteiger partial charge on any atom is -0.379 e. The number of ether oxygens (including phenoxy) is 1. The number of anilines is 1. The lowest BCUT2D eigenvalue weighted by Gasteiger charge is -2.26. The van der Waals surface area contributed by atoms with Crippen LogP contribution in [0.3, 0.4) is 0 Å². The number of halogens is 1. The van der Waals surface area contributed by atoms with E-state index in [4.69, 9.17) is 10.5 Å². The zero-order valence-electron chi connectivity index (χ0n) is 18.9. The number of rotatable bonds is 5. The molecule has 35 heavy (non-hydrogen) atoms. The Labute approximate surface area is 201 Å². The van der Waals surface area contributed by atoms with E-state index in [1.54, 1.807) is 18.2 Å². The smallest absolute Gasteiger partial charge is 0.221 e. The third-order valence-corrected chi connectivity index (χ3v) is 6.51. The molecule has 0 radical (unpaired) electrons. The molecule has 1 fully saturated rings. The maximum absolute atomic E-state index is 13.5. The molecule has 6 rings (SSSR count). The monoisotopic (exact) mass is 470 g/mol. The van der Waals surface area contributed by atoms with Crippen molar-refractivity contribution in [2.75, 3.05) is 38.6 Å². The lowest BCUT2D eigenvalue weighted by Crippen LogP contribution is -2.38. The number of fused-ring (bicyclic) bond motifs is 3. The number of nitrogens with two attached hydrogens (primary N) is 1. The Morgan fingerprint density at radius 3 is 2.46 bits per heavy atom. The van der Waals surface area contributed by atoms with E-state index in [0.717, 1.165) is 56.1 Å². The van der Waals surface area contributed by atoms with E-state index in [1.807, 2.05) is 29.2 Å². The van der Waals surface area contributed by atoms with Crippen LogP contribution < -0.4 is 5.73 Å². The first-order chi connectivity index (χ1) is 17.1. The molecule has 4 aromatic rings. The maximum Gasteiger partial charge on any atom is 0.221 e. The fraction of sp³-hybridized carbons (Fsp3) is 0.231. The molecule has 1 aliphatic carbocycles. The summed E-state index contributed by atoms with van der Waals surface area (Å²) in [6, 6.07) is 11.5. The van der Waals surface area contributed by atoms with Crippen LogP contribution in [-0.4, -0.2) is 63.3 Å². The van der Waals surface area contributed by atoms with Crippen LogP contribution in [0.2, 0.25) is 0 Å². The first kappa shape index (κ1) is 21.6. The van der Waals surface area contributed by atoms with Crippen molar-refractivity contribution in [1.29, 1.82) is 0 Å². The lowest BCUT2D eigenvalue weighted by molar-refractivity contribution is 0.0360. The molecule has 0 amide bonds. The second kappa shape index (κ2) is 8.68. The van der Waals surface area contributed by atoms with Crippen LogP contribution in [0.5, 0.6) is 0 Å². The molecule has 8 nitrogen and oxygen atoms in total. The quantitative estimate of drug-likeness (QED) is 0.421. The van der Waals surface area contributed by atoms with Crippen molar-refractivity contribution in [2.24, 2.45) is 0 Å². The Morgan fingerprint density at radius 2 is 1.66 bits per heavy atom. The number of carbonyl (C=O) groups excluding carboxylic acids is 1. The van der Waals surface area contributed by atoms with E-state index in [1.165, 1.54) is 12.1 Å². The lowest BCUT2D eigenvalue weighted by atomic mass is 9.98. The van der Waals surface area contributed by atoms with Crippen molar-refractivity contribution in [3.8, 4) is 33.6 Å². The number of hydrogen-bond donors (Lipinski definition) is 1. The SMILES string of the molecule is Nc1nc(-c2ccc(F)cc2)c2c(n1)-c1c(cccc1-c1cnn(CCN3CCOCC3)c1)C2=O. The van der Waals surface area contributed by atoms with Gasteiger partial charge in [0.25, 0.3) is 0 Å². The molecular weight excluding hydrogens is 447 g/mol. The standard InChI is InChI=1S/C26H23FN6O2/c27-18-6-4-16(5-7-18)23-22-24(31-26(28)30-23)21-19(2-1-3-20(21)25(22)34)17-14-29-33(15-17)9-8-32-10-12-35-13-11-32/h1-7,14-15H,8-13H2,(H2,28,30,31). The van der Waals surface area contributed by atoms with Crippen LogP contribution in [0.1, 0.15) is 15.9 Å². The van der Waals surface area contributed by atoms with Gasteiger partial charge in [0.05, 0.1) is 42.9 Å². The highest BCUT2D eigenvalue weighted by Crippen LogP contribution is 2.44. The van der Waals surface area contributed by atoms with Crippen LogP contribution in [0.4, 0.5) is 10.3 Å². The first-order valence-corrected chi connectivity index (χ1v) is 11.5. The number of ketones is 1. The van der Waals surface area contributed by atoms with Crippen LogP contribution >= 0.6 is 0 Å². The van der Waals surface area contributed by atoms with Crippen molar-refractivity contribution in [2.45, 2.75) is 6.54 Å². The average molecular weight is 471 g/mol. The molecule has 1 aliphatic heterocycles. The molecule has 0 saturated carbocycles. The highest BCUT2D eigenvalue weighted by atomic mass is 19.1. The summed E-state index contributed by atoms with van der Waals surface area (Å²) in [6.07, 6.45) is 3.80. The molecule has 2 aromatic carbocycles. The summed E-state index contributed by atoms with van der Waals surface area (Å²) in [6.45, 7) is 5.03. The van der Waals surface area contributed by atoms with Crippen molar-refractivity contribution in [3.63, 3.8) is 0 Å². The molecule has 0 unspecified atom stereocenters. The van der Waals surface area contributed by atoms with Crippen LogP contribution in [0.25, 0.3) is 33.6 Å². The molecule has 1 saturated heterocycles. The molecule has 0 atom stereocenters. The van der Waals surface area contributed by atoms with Gasteiger partial charge in [-0.15, -0.1) is 0 Å². The van der Waals surface area contributed by atoms with E-state index in [9.17, 15) is 9.18 Å². The summed E-state index contributed by atoms with van der Waals surface area (Å²) in [7, 11) is 0. The van der Waals surface area contributed by atoms with E-state index >= 15 is 0 Å². The first-order valence-electron chi connectivity index (χ1n) is 11.5. The number of carbonyl (C=O) groups is 1. The highest BCUT2D eigenvalue weighted by Gasteiger charge is 2.34. The van der Waals surface area contributed by atoms with Gasteiger partial charge in [-0.2, -0.15) is 5.10 Å². The van der Waals surface area contributed by atoms with Crippen molar-refractivity contribution in [1.82, 2.24) is 24.6 Å². The average Bonchev–Trinajstić information content (AvgIpc) is 3.46. The van der Waals surface area contributed by atoms with E-state index in [2.05, 4.69) is 20.0 Å². The molecule has 0 spiro atoms. The fourth-order valence-corrected chi connectivity index (χ4v) is 4.76. The minimum absolute atomic E-state index is 0.0553. The number of nitrogens with zero attached hydrogens (tertiary/aromatic N) is 5. The maximum atomic E-state index is 13.5. The number of hydrogen-bond acceptors (Lipinski definition) is 7. The predicted octanol–water partition coefficient (Wildman–Crippen LogP) is 3.27. The Kier molecular flexibility index (Phi) is 5.35. The second-order valence-corrected chi connectivity index (χ2v) is 8.66. The largest absolute Gasteiger partial charge is 0.379 e. The zero-order chi connectivity index (χ0) is 23.9. The summed E-state index contributed by atoms with van der Waals surface area (Å²) < 4.78 is 20.8. The minimum atomic E-state index is -0.366. The molecular formula is C26H23FN6O2. The normalized spacial score (nSPS) is 15.3. The number of nitrogen functional groups attached to an aromatic ring is 1. The van der Waals surface area contributed by atoms with Crippen LogP contribution in [0.15, 0.2) is 54.9 Å². The third-order valence-electron chi connectivity index (χ3n) is 6.51. The van der Waals surface area contributed by atoms with Gasteiger partial charge in [0.2, 0.25) is 5.95 Å². The topological polar surface area (TPSA) is 99.2 Å². The Balaban J connectivity index is 1.39. The van der Waals surface area contributed by atoms with Gasteiger partial charge in [0.15, 0.2) is 5.78 Å². The van der Waals surface area contributed by atoms with E-state index in [0.29, 0.717) is 28.1 Å². The summed E-state index contributed by atoms with van der Waals surface area (Å²) in [5, 5.41) is 4.55. The van der Waals surface area contributed by atoms with Gasteiger partial charge >= 0.3 is 0 Å². The van der Waals surface area contributed by atoms with Gasteiger partial charge < -0.3 is 10.5 Å². The molecule has 2 aromatic heterocycles. The molecule has 2 aliphatic rings. The molecule has 9 heteroatoms. The van der Waals surface area contributed by atoms with Crippen molar-refractivity contribution < 1.29 is 13.9 Å². The van der Waals surface area contributed by atoms with Gasteiger partial charge in [0, 0.05) is 48.1 Å². The molecule has 0 bridgehead atoms. The van der Waals surface area contributed by atoms with E-state index in [-0.39, 0.29) is 17.5 Å². The van der Waals surface area contributed by atoms with E-state index < -0.39 is 0 Å². The highest BCUT2D eigenvalue weighted by molar-refractivity contribution is 6.25. The van der Waals surface area contributed by atoms with Gasteiger partial charge in [-0.25, -0.2) is 14.4 Å². The molecule has 2 N–H and O–H groups in total. The predicted molar refractivity (Wildman–Crippen MR) is 129 cm³/mol. The third kappa shape index (κ3) is 3.88. The molecule has 176 valence electrons. The van der Waals surface area contributed by atoms with Crippen LogP contribution in [0, 0.1) is 5.82 Å². The number of benzene rings is 2. The Bertz CT molecular complexity index is 1430. The summed E-state index contributed by atoms with van der Waals surface area (Å²) in [5.41, 5.74) is 11.0. The number of morpholine rings is 1. The van der Waals surface area contributed by atoms with Gasteiger partial charge in [-0.05, 0) is 29.8 Å². The summed E-state index contributed by atoms with van der Waals surface area (Å²) in [5.74, 6) is -0.481. The van der Waals surface area contributed by atoms with Gasteiger partial charge in [0.1, 0.15) is 5.82 Å². The Hall–Kier alpha value is -3.95. The Morgan fingerprint density at radius 1 is 0.914 bits per heavy atom. The van der Waals surface area contributed by atoms with Crippen molar-refractivity contribution in [3.05, 3.63) is 71.8 Å². The summed E-state index contributed by atoms with van der Waals surface area (Å²) in [4.78, 5) is 24.7. The molecule has 3 heterocycles. The van der Waals surface area contributed by atoms with Gasteiger partial charge in [-0.3, -0.25) is 14.4 Å². The number of aromatic nitrogens is 4. The van der Waals surface area contributed by atoms with Crippen molar-refractivity contribution >= 4 is 11.7 Å². The zero-order valence-corrected chi connectivity index (χ0v) is 18.9.